The van der Waals surface area contributed by atoms with Crippen LogP contribution in [0.25, 0.3) is 10.9 Å². The van der Waals surface area contributed by atoms with E-state index < -0.39 is 5.91 Å². The number of carbonyl (C=O) groups is 1. The first-order chi connectivity index (χ1) is 12.8. The van der Waals surface area contributed by atoms with Crippen molar-refractivity contribution in [1.29, 1.82) is 0 Å². The maximum Gasteiger partial charge on any atom is 0.274 e. The van der Waals surface area contributed by atoms with Crippen LogP contribution in [0.4, 0.5) is 5.82 Å². The van der Waals surface area contributed by atoms with Crippen molar-refractivity contribution >= 4 is 29.0 Å². The third-order valence-electron chi connectivity index (χ3n) is 4.84. The van der Waals surface area contributed by atoms with Crippen molar-refractivity contribution in [3.63, 3.8) is 0 Å². The number of hydroxylamine groups is 1. The molecule has 0 bridgehead atoms. The van der Waals surface area contributed by atoms with Crippen molar-refractivity contribution < 1.29 is 14.7 Å². The first-order valence-electron chi connectivity index (χ1n) is 8.34. The number of nitrogens with one attached hydrogen (secondary N) is 2. The molecule has 2 aliphatic heterocycles. The Morgan fingerprint density at radius 2 is 2.04 bits per heavy atom. The second kappa shape index (κ2) is 5.69. The molecule has 0 spiro atoms. The van der Waals surface area contributed by atoms with Crippen molar-refractivity contribution in [3.05, 3.63) is 65.2 Å². The molecule has 0 aliphatic carbocycles. The number of benzene rings is 2. The van der Waals surface area contributed by atoms with E-state index in [1.807, 2.05) is 24.3 Å². The first kappa shape index (κ1) is 15.1. The molecule has 2 unspecified atom stereocenters. The lowest BCUT2D eigenvalue weighted by atomic mass is 10.1. The van der Waals surface area contributed by atoms with E-state index in [1.165, 1.54) is 0 Å². The topological polar surface area (TPSA) is 91.2 Å². The second-order valence-corrected chi connectivity index (χ2v) is 6.37. The third kappa shape index (κ3) is 2.29. The van der Waals surface area contributed by atoms with Gasteiger partial charge in [-0.25, -0.2) is 10.5 Å². The fourth-order valence-electron chi connectivity index (χ4n) is 3.55. The molecule has 0 radical (unpaired) electrons. The van der Waals surface area contributed by atoms with Gasteiger partial charge < -0.3 is 14.6 Å². The standard InChI is InChI=1S/C19H16N4O3/c24-18(22-25)12-7-5-11(6-8-12)9-23-14-4-2-1-3-13(14)15-16-19(26-16)21-10-20-17(15)23/h1-8,10,16,19,25H,9H2,(H,20,21)(H,22,24). The largest absolute Gasteiger partial charge is 0.340 e. The van der Waals surface area contributed by atoms with Crippen LogP contribution in [0.15, 0.2) is 53.5 Å². The Labute approximate surface area is 148 Å². The fourth-order valence-corrected chi connectivity index (χ4v) is 3.55. The lowest BCUT2D eigenvalue weighted by molar-refractivity contribution is 0.0706. The number of anilines is 1. The van der Waals surface area contributed by atoms with E-state index in [0.29, 0.717) is 12.1 Å². The Hall–Kier alpha value is -3.16. The van der Waals surface area contributed by atoms with Crippen LogP contribution in [0.3, 0.4) is 0 Å². The Morgan fingerprint density at radius 1 is 1.23 bits per heavy atom. The van der Waals surface area contributed by atoms with Crippen molar-refractivity contribution in [3.8, 4) is 0 Å². The van der Waals surface area contributed by atoms with Crippen LogP contribution in [0.2, 0.25) is 0 Å². The highest BCUT2D eigenvalue weighted by molar-refractivity contribution is 5.95. The summed E-state index contributed by atoms with van der Waals surface area (Å²) in [6.07, 6.45) is 1.60. The Balaban J connectivity index is 1.58. The number of fused-ring (bicyclic) bond motifs is 5. The smallest absolute Gasteiger partial charge is 0.274 e. The van der Waals surface area contributed by atoms with Crippen molar-refractivity contribution in [2.45, 2.75) is 18.9 Å². The highest BCUT2D eigenvalue weighted by Gasteiger charge is 2.45. The fraction of sp³-hybridized carbons (Fsp3) is 0.158. The Bertz CT molecular complexity index is 1040. The second-order valence-electron chi connectivity index (χ2n) is 6.37. The zero-order valence-corrected chi connectivity index (χ0v) is 13.7. The van der Waals surface area contributed by atoms with Crippen LogP contribution in [-0.2, 0) is 11.3 Å². The van der Waals surface area contributed by atoms with Crippen LogP contribution in [0, 0.1) is 0 Å². The van der Waals surface area contributed by atoms with Crippen molar-refractivity contribution in [2.24, 2.45) is 4.99 Å². The lowest BCUT2D eigenvalue weighted by Gasteiger charge is -2.11. The van der Waals surface area contributed by atoms with Gasteiger partial charge in [0, 0.05) is 23.1 Å². The molecular formula is C19H16N4O3. The average molecular weight is 348 g/mol. The third-order valence-corrected chi connectivity index (χ3v) is 4.84. The summed E-state index contributed by atoms with van der Waals surface area (Å²) < 4.78 is 7.89. The van der Waals surface area contributed by atoms with Crippen LogP contribution in [-0.4, -0.2) is 28.2 Å². The average Bonchev–Trinajstić information content (AvgIpc) is 3.40. The minimum Gasteiger partial charge on any atom is -0.340 e. The number of nitrogens with zero attached hydrogens (tertiary/aromatic N) is 2. The predicted molar refractivity (Wildman–Crippen MR) is 96.5 cm³/mol. The molecule has 2 atom stereocenters. The number of ether oxygens (including phenoxy) is 1. The zero-order chi connectivity index (χ0) is 17.7. The molecule has 5 rings (SSSR count). The molecule has 130 valence electrons. The van der Waals surface area contributed by atoms with Gasteiger partial charge in [0.1, 0.15) is 11.9 Å². The summed E-state index contributed by atoms with van der Waals surface area (Å²) in [4.78, 5) is 15.8. The SMILES string of the molecule is O=C(NO)c1ccc(Cn2c3c(c4ccccc42)C2OC2N=CN3)cc1. The van der Waals surface area contributed by atoms with Gasteiger partial charge in [0.2, 0.25) is 0 Å². The molecule has 3 heterocycles. The summed E-state index contributed by atoms with van der Waals surface area (Å²) in [7, 11) is 0. The molecule has 26 heavy (non-hydrogen) atoms. The Kier molecular flexibility index (Phi) is 3.31. The van der Waals surface area contributed by atoms with Gasteiger partial charge in [-0.2, -0.15) is 0 Å². The highest BCUT2D eigenvalue weighted by Crippen LogP contribution is 2.48. The molecule has 3 N–H and O–H groups in total. The molecule has 2 aliphatic rings. The van der Waals surface area contributed by atoms with Crippen molar-refractivity contribution in [2.75, 3.05) is 5.32 Å². The first-order valence-corrected chi connectivity index (χ1v) is 8.34. The highest BCUT2D eigenvalue weighted by atomic mass is 16.6. The predicted octanol–water partition coefficient (Wildman–Crippen LogP) is 2.66. The van der Waals surface area contributed by atoms with Gasteiger partial charge >= 0.3 is 0 Å². The van der Waals surface area contributed by atoms with E-state index in [0.717, 1.165) is 27.8 Å². The van der Waals surface area contributed by atoms with Gasteiger partial charge in [-0.05, 0) is 23.8 Å². The zero-order valence-electron chi connectivity index (χ0n) is 13.7. The van der Waals surface area contributed by atoms with E-state index in [1.54, 1.807) is 24.0 Å². The van der Waals surface area contributed by atoms with Crippen LogP contribution in [0.5, 0.6) is 0 Å². The minimum absolute atomic E-state index is 0.00183. The number of para-hydroxylation sites is 1. The van der Waals surface area contributed by atoms with E-state index in [2.05, 4.69) is 27.0 Å². The van der Waals surface area contributed by atoms with E-state index in [-0.39, 0.29) is 12.3 Å². The van der Waals surface area contributed by atoms with Gasteiger partial charge in [-0.1, -0.05) is 30.3 Å². The summed E-state index contributed by atoms with van der Waals surface area (Å²) in [5, 5.41) is 13.2. The number of amides is 1. The summed E-state index contributed by atoms with van der Waals surface area (Å²) in [5.41, 5.74) is 5.35. The molecule has 0 saturated carbocycles. The summed E-state index contributed by atoms with van der Waals surface area (Å²) in [5.74, 6) is 0.462. The molecule has 1 saturated heterocycles. The van der Waals surface area contributed by atoms with E-state index in [9.17, 15) is 4.79 Å². The van der Waals surface area contributed by atoms with Gasteiger partial charge in [-0.3, -0.25) is 10.0 Å². The number of aliphatic imine (C=N–C) groups is 1. The molecular weight excluding hydrogens is 332 g/mol. The maximum absolute atomic E-state index is 11.5. The van der Waals surface area contributed by atoms with Crippen LogP contribution in [0.1, 0.15) is 27.6 Å². The quantitative estimate of drug-likeness (QED) is 0.385. The monoisotopic (exact) mass is 348 g/mol. The molecule has 2 aromatic carbocycles. The minimum atomic E-state index is -0.522. The number of rotatable bonds is 3. The number of aromatic nitrogens is 1. The lowest BCUT2D eigenvalue weighted by Crippen LogP contribution is -2.18. The molecule has 1 aromatic heterocycles. The Morgan fingerprint density at radius 3 is 2.85 bits per heavy atom. The van der Waals surface area contributed by atoms with Crippen molar-refractivity contribution in [1.82, 2.24) is 10.0 Å². The molecule has 1 fully saturated rings. The maximum atomic E-state index is 11.5. The molecule has 3 aromatic rings. The van der Waals surface area contributed by atoms with Crippen LogP contribution >= 0.6 is 0 Å². The number of hydrogen-bond donors (Lipinski definition) is 3. The summed E-state index contributed by atoms with van der Waals surface area (Å²) in [6.45, 7) is 0.634. The van der Waals surface area contributed by atoms with E-state index >= 15 is 0 Å². The molecule has 7 heteroatoms. The summed E-state index contributed by atoms with van der Waals surface area (Å²) in [6, 6.07) is 15.4. The number of epoxide rings is 1. The molecule has 1 amide bonds. The number of carbonyl (C=O) groups excluding carboxylic acids is 1. The van der Waals surface area contributed by atoms with Gasteiger partial charge in [-0.15, -0.1) is 0 Å². The van der Waals surface area contributed by atoms with Gasteiger partial charge in [0.05, 0.1) is 11.9 Å². The van der Waals surface area contributed by atoms with E-state index in [4.69, 9.17) is 9.94 Å². The van der Waals surface area contributed by atoms with Crippen LogP contribution < -0.4 is 10.8 Å². The van der Waals surface area contributed by atoms with Gasteiger partial charge in [0.15, 0.2) is 6.23 Å². The normalized spacial score (nSPS) is 20.0. The number of hydrogen-bond acceptors (Lipinski definition) is 5. The summed E-state index contributed by atoms with van der Waals surface area (Å²) >= 11 is 0. The van der Waals surface area contributed by atoms with Gasteiger partial charge in [0.25, 0.3) is 5.91 Å². The molecule has 7 nitrogen and oxygen atoms in total.